The minimum absolute atomic E-state index is 0. The summed E-state index contributed by atoms with van der Waals surface area (Å²) < 4.78 is 0. The van der Waals surface area contributed by atoms with Gasteiger partial charge in [-0.25, -0.2) is 0 Å². The minimum Gasteiger partial charge on any atom is -0.550 e. The fourth-order valence-corrected chi connectivity index (χ4v) is 0. The van der Waals surface area contributed by atoms with Crippen molar-refractivity contribution in [3.63, 3.8) is 0 Å². The van der Waals surface area contributed by atoms with Gasteiger partial charge in [0.2, 0.25) is 0 Å². The van der Waals surface area contributed by atoms with E-state index in [1.807, 2.05) is 0 Å². The molecule has 0 aromatic heterocycles. The van der Waals surface area contributed by atoms with Crippen LogP contribution < -0.4 is 10.2 Å². The van der Waals surface area contributed by atoms with Gasteiger partial charge in [0.15, 0.2) is 0 Å². The van der Waals surface area contributed by atoms with Crippen LogP contribution in [-0.4, -0.2) is 11.9 Å². The van der Waals surface area contributed by atoms with E-state index in [0.29, 0.717) is 0 Å². The van der Waals surface area contributed by atoms with Crippen molar-refractivity contribution in [1.29, 1.82) is 0 Å². The Morgan fingerprint density at radius 1 is 0.900 bits per heavy atom. The summed E-state index contributed by atoms with van der Waals surface area (Å²) in [5.41, 5.74) is 0. The van der Waals surface area contributed by atoms with E-state index in [4.69, 9.17) is 19.8 Å². The van der Waals surface area contributed by atoms with Crippen LogP contribution in [0.3, 0.4) is 0 Å². The molecule has 2 radical (unpaired) electrons. The van der Waals surface area contributed by atoms with Crippen LogP contribution in [0.5, 0.6) is 0 Å². The molecule has 0 aromatic carbocycles. The van der Waals surface area contributed by atoms with E-state index < -0.39 is 11.9 Å². The molecule has 0 rings (SSSR count). The number of hydrogen-bond donors (Lipinski definition) is 0. The second-order valence-corrected chi connectivity index (χ2v) is 0.983. The summed E-state index contributed by atoms with van der Waals surface area (Å²) >= 11 is 0. The van der Waals surface area contributed by atoms with Crippen LogP contribution in [0.25, 0.3) is 0 Å². The van der Waals surface area contributed by atoms with Crippen LogP contribution in [-0.2, 0) is 43.7 Å². The van der Waals surface area contributed by atoms with Crippen molar-refractivity contribution < 1.29 is 53.9 Å². The zero-order valence-corrected chi connectivity index (χ0v) is 7.55. The van der Waals surface area contributed by atoms with Gasteiger partial charge in [-0.3, -0.25) is 0 Å². The number of carboxylic acids is 2. The standard InChI is InChI=1S/2C2H4O2.2Fe/c2*1-2(3)4;;/h2*1H3,(H,3,4);;/q;;2*+3/p-2. The third-order valence-electron chi connectivity index (χ3n) is 0. The van der Waals surface area contributed by atoms with Gasteiger partial charge in [0, 0.05) is 11.9 Å². The molecule has 0 atom stereocenters. The van der Waals surface area contributed by atoms with Gasteiger partial charge in [-0.1, -0.05) is 0 Å². The first-order valence-corrected chi connectivity index (χ1v) is 1.82. The van der Waals surface area contributed by atoms with Crippen molar-refractivity contribution in [2.45, 2.75) is 13.8 Å². The quantitative estimate of drug-likeness (QED) is 0.431. The molecular weight excluding hydrogens is 224 g/mol. The summed E-state index contributed by atoms with van der Waals surface area (Å²) in [6, 6.07) is 0. The molecule has 0 aliphatic rings. The van der Waals surface area contributed by atoms with Crippen molar-refractivity contribution in [3.8, 4) is 0 Å². The normalized spacial score (nSPS) is 5.00. The molecule has 0 spiro atoms. The van der Waals surface area contributed by atoms with E-state index in [2.05, 4.69) is 0 Å². The van der Waals surface area contributed by atoms with Crippen LogP contribution in [0.2, 0.25) is 0 Å². The fourth-order valence-electron chi connectivity index (χ4n) is 0. The molecular formula is C4H6Fe2O4+4. The summed E-state index contributed by atoms with van der Waals surface area (Å²) in [5.74, 6) is -2.17. The first-order chi connectivity index (χ1) is 3.46. The van der Waals surface area contributed by atoms with Crippen molar-refractivity contribution in [1.82, 2.24) is 0 Å². The predicted molar refractivity (Wildman–Crippen MR) is 21.4 cm³/mol. The molecule has 0 saturated heterocycles. The zero-order chi connectivity index (χ0) is 7.15. The predicted octanol–water partition coefficient (Wildman–Crippen LogP) is -2.49. The van der Waals surface area contributed by atoms with Crippen molar-refractivity contribution >= 4 is 11.9 Å². The van der Waals surface area contributed by atoms with E-state index in [9.17, 15) is 0 Å². The third-order valence-corrected chi connectivity index (χ3v) is 0. The summed E-state index contributed by atoms with van der Waals surface area (Å²) in [4.78, 5) is 17.8. The Bertz CT molecular complexity index is 73.3. The molecule has 0 fully saturated rings. The fraction of sp³-hybridized carbons (Fsp3) is 0.500. The van der Waals surface area contributed by atoms with Gasteiger partial charge < -0.3 is 19.8 Å². The second kappa shape index (κ2) is 16.0. The Hall–Kier alpha value is -0.0210. The molecule has 58 valence electrons. The molecule has 0 saturated carbocycles. The van der Waals surface area contributed by atoms with Gasteiger partial charge >= 0.3 is 34.1 Å². The van der Waals surface area contributed by atoms with E-state index in [1.54, 1.807) is 0 Å². The molecule has 0 bridgehead atoms. The Morgan fingerprint density at radius 3 is 0.900 bits per heavy atom. The third kappa shape index (κ3) is 878000. The van der Waals surface area contributed by atoms with E-state index in [1.165, 1.54) is 0 Å². The van der Waals surface area contributed by atoms with Crippen molar-refractivity contribution in [2.75, 3.05) is 0 Å². The monoisotopic (exact) mass is 230 g/mol. The number of carbonyl (C=O) groups excluding carboxylic acids is 2. The molecule has 10 heavy (non-hydrogen) atoms. The summed E-state index contributed by atoms with van der Waals surface area (Å²) in [5, 5.41) is 17.8. The van der Waals surface area contributed by atoms with Crippen LogP contribution in [0.1, 0.15) is 13.8 Å². The van der Waals surface area contributed by atoms with Crippen LogP contribution in [0, 0.1) is 0 Å². The van der Waals surface area contributed by atoms with Gasteiger partial charge in [0.05, 0.1) is 0 Å². The van der Waals surface area contributed by atoms with Gasteiger partial charge in [-0.2, -0.15) is 0 Å². The first kappa shape index (κ1) is 22.5. The molecule has 0 aliphatic carbocycles. The van der Waals surface area contributed by atoms with Crippen molar-refractivity contribution in [2.24, 2.45) is 0 Å². The largest absolute Gasteiger partial charge is 3.00 e. The maximum atomic E-state index is 8.89. The molecule has 0 amide bonds. The topological polar surface area (TPSA) is 80.3 Å². The average molecular weight is 230 g/mol. The van der Waals surface area contributed by atoms with Crippen LogP contribution >= 0.6 is 0 Å². The smallest absolute Gasteiger partial charge is 0.550 e. The van der Waals surface area contributed by atoms with Crippen molar-refractivity contribution in [3.05, 3.63) is 0 Å². The van der Waals surface area contributed by atoms with E-state index >= 15 is 0 Å². The number of carbonyl (C=O) groups is 2. The summed E-state index contributed by atoms with van der Waals surface area (Å²) in [7, 11) is 0. The Kier molecular flexibility index (Phi) is 36.0. The molecule has 0 aliphatic heterocycles. The van der Waals surface area contributed by atoms with Crippen LogP contribution in [0.15, 0.2) is 0 Å². The molecule has 0 N–H and O–H groups in total. The maximum Gasteiger partial charge on any atom is 3.00 e. The maximum absolute atomic E-state index is 8.89. The van der Waals surface area contributed by atoms with Gasteiger partial charge in [-0.05, 0) is 13.8 Å². The Balaban J connectivity index is -0.0000000300. The summed E-state index contributed by atoms with van der Waals surface area (Å²) in [6.45, 7) is 1.94. The van der Waals surface area contributed by atoms with Gasteiger partial charge in [0.25, 0.3) is 0 Å². The van der Waals surface area contributed by atoms with Gasteiger partial charge in [-0.15, -0.1) is 0 Å². The minimum atomic E-state index is -1.08. The van der Waals surface area contributed by atoms with E-state index in [-0.39, 0.29) is 34.1 Å². The second-order valence-electron chi connectivity index (χ2n) is 0.983. The number of aliphatic carboxylic acids is 2. The first-order valence-electron chi connectivity index (χ1n) is 1.82. The molecule has 0 heterocycles. The SMILES string of the molecule is CC(=O)[O-].CC(=O)[O-].[Fe+3].[Fe+3]. The molecule has 4 nitrogen and oxygen atoms in total. The average Bonchev–Trinajstić information content (AvgIpc) is 1.25. The zero-order valence-electron chi connectivity index (χ0n) is 5.34. The molecule has 6 heteroatoms. The van der Waals surface area contributed by atoms with E-state index in [0.717, 1.165) is 13.8 Å². The Labute approximate surface area is 79.9 Å². The number of carboxylic acid groups (broad SMARTS) is 2. The Morgan fingerprint density at radius 2 is 0.900 bits per heavy atom. The number of hydrogen-bond acceptors (Lipinski definition) is 4. The van der Waals surface area contributed by atoms with Crippen LogP contribution in [0.4, 0.5) is 0 Å². The molecule has 0 unspecified atom stereocenters. The van der Waals surface area contributed by atoms with Gasteiger partial charge in [0.1, 0.15) is 0 Å². The molecule has 0 aromatic rings. The summed E-state index contributed by atoms with van der Waals surface area (Å²) in [6.07, 6.45) is 0. The number of rotatable bonds is 0.